The fourth-order valence-corrected chi connectivity index (χ4v) is 3.98. The molecule has 0 spiro atoms. The summed E-state index contributed by atoms with van der Waals surface area (Å²) in [5.74, 6) is 3.06. The zero-order valence-corrected chi connectivity index (χ0v) is 15.1. The Labute approximate surface area is 147 Å². The molecular weight excluding hydrogens is 342 g/mol. The smallest absolute Gasteiger partial charge is 0.253 e. The van der Waals surface area contributed by atoms with Gasteiger partial charge in [0.1, 0.15) is 5.76 Å². The molecule has 0 N–H and O–H groups in total. The van der Waals surface area contributed by atoms with Gasteiger partial charge >= 0.3 is 0 Å². The molecule has 0 aliphatic rings. The number of thiazole rings is 1. The van der Waals surface area contributed by atoms with Crippen LogP contribution in [0.3, 0.4) is 0 Å². The summed E-state index contributed by atoms with van der Waals surface area (Å²) in [5, 5.41) is 8.15. The molecule has 0 radical (unpaired) electrons. The Hall–Kier alpha value is -2.19. The van der Waals surface area contributed by atoms with Crippen molar-refractivity contribution in [3.63, 3.8) is 0 Å². The van der Waals surface area contributed by atoms with E-state index < -0.39 is 0 Å². The first-order valence-corrected chi connectivity index (χ1v) is 9.30. The standard InChI is InChI=1S/C16H15N5OS2/c1-9-6-10(2)21-15(17-9)19-16(20-21)24-8-12-7-23-14(18-12)13-5-4-11(3)22-13/h4-7H,8H2,1-3H3. The SMILES string of the molecule is Cc1cc(C)n2nc(SCc3csc(-c4ccc(C)o4)n3)nc2n1. The molecule has 6 nitrogen and oxygen atoms in total. The van der Waals surface area contributed by atoms with Gasteiger partial charge in [0, 0.05) is 22.5 Å². The lowest BCUT2D eigenvalue weighted by Gasteiger charge is -1.97. The Kier molecular flexibility index (Phi) is 3.85. The van der Waals surface area contributed by atoms with Crippen molar-refractivity contribution in [2.75, 3.05) is 0 Å². The molecule has 0 bridgehead atoms. The van der Waals surface area contributed by atoms with Gasteiger partial charge in [-0.25, -0.2) is 14.5 Å². The van der Waals surface area contributed by atoms with Gasteiger partial charge in [0.25, 0.3) is 5.78 Å². The minimum atomic E-state index is 0.639. The van der Waals surface area contributed by atoms with Gasteiger partial charge in [-0.05, 0) is 39.0 Å². The van der Waals surface area contributed by atoms with Crippen molar-refractivity contribution < 1.29 is 4.42 Å². The number of hydrogen-bond donors (Lipinski definition) is 0. The average molecular weight is 357 g/mol. The van der Waals surface area contributed by atoms with Crippen LogP contribution in [0.4, 0.5) is 0 Å². The summed E-state index contributed by atoms with van der Waals surface area (Å²) in [5.41, 5.74) is 2.97. The second-order valence-electron chi connectivity index (χ2n) is 5.49. The Morgan fingerprint density at radius 2 is 2.04 bits per heavy atom. The van der Waals surface area contributed by atoms with Gasteiger partial charge < -0.3 is 4.42 Å². The van der Waals surface area contributed by atoms with Gasteiger partial charge in [-0.2, -0.15) is 4.98 Å². The van der Waals surface area contributed by atoms with Crippen LogP contribution in [-0.4, -0.2) is 24.6 Å². The lowest BCUT2D eigenvalue weighted by molar-refractivity contribution is 0.548. The molecule has 4 aromatic rings. The third kappa shape index (κ3) is 2.94. The molecule has 122 valence electrons. The van der Waals surface area contributed by atoms with E-state index in [0.29, 0.717) is 16.7 Å². The van der Waals surface area contributed by atoms with Gasteiger partial charge in [0.15, 0.2) is 10.8 Å². The Morgan fingerprint density at radius 1 is 1.17 bits per heavy atom. The second kappa shape index (κ2) is 6.03. The van der Waals surface area contributed by atoms with E-state index in [4.69, 9.17) is 4.42 Å². The predicted molar refractivity (Wildman–Crippen MR) is 94.4 cm³/mol. The molecule has 4 heterocycles. The Morgan fingerprint density at radius 3 is 2.83 bits per heavy atom. The molecule has 0 aliphatic carbocycles. The van der Waals surface area contributed by atoms with Crippen LogP contribution in [0.2, 0.25) is 0 Å². The van der Waals surface area contributed by atoms with E-state index >= 15 is 0 Å². The van der Waals surface area contributed by atoms with E-state index in [0.717, 1.165) is 33.6 Å². The van der Waals surface area contributed by atoms with E-state index in [9.17, 15) is 0 Å². The van der Waals surface area contributed by atoms with Crippen LogP contribution >= 0.6 is 23.1 Å². The molecule has 4 aromatic heterocycles. The largest absolute Gasteiger partial charge is 0.459 e. The van der Waals surface area contributed by atoms with Crippen LogP contribution in [-0.2, 0) is 5.75 Å². The van der Waals surface area contributed by atoms with Crippen molar-refractivity contribution in [2.24, 2.45) is 0 Å². The van der Waals surface area contributed by atoms with Crippen molar-refractivity contribution in [3.8, 4) is 10.8 Å². The Bertz CT molecular complexity index is 1020. The highest BCUT2D eigenvalue weighted by Gasteiger charge is 2.11. The molecule has 0 fully saturated rings. The highest BCUT2D eigenvalue weighted by atomic mass is 32.2. The van der Waals surface area contributed by atoms with E-state index in [-0.39, 0.29) is 0 Å². The van der Waals surface area contributed by atoms with Crippen molar-refractivity contribution in [1.82, 2.24) is 24.6 Å². The molecule has 0 amide bonds. The summed E-state index contributed by atoms with van der Waals surface area (Å²) in [6.45, 7) is 5.89. The zero-order valence-electron chi connectivity index (χ0n) is 13.5. The lowest BCUT2D eigenvalue weighted by Crippen LogP contribution is -1.97. The number of aryl methyl sites for hydroxylation is 3. The first-order valence-electron chi connectivity index (χ1n) is 7.43. The third-order valence-corrected chi connectivity index (χ3v) is 5.23. The molecule has 0 atom stereocenters. The van der Waals surface area contributed by atoms with E-state index in [2.05, 4.69) is 20.1 Å². The monoisotopic (exact) mass is 357 g/mol. The molecule has 0 saturated carbocycles. The quantitative estimate of drug-likeness (QED) is 0.513. The maximum atomic E-state index is 5.61. The Balaban J connectivity index is 1.51. The minimum Gasteiger partial charge on any atom is -0.459 e. The van der Waals surface area contributed by atoms with Crippen LogP contribution in [0.5, 0.6) is 0 Å². The number of rotatable bonds is 4. The topological polar surface area (TPSA) is 69.1 Å². The highest BCUT2D eigenvalue weighted by Crippen LogP contribution is 2.28. The van der Waals surface area contributed by atoms with Crippen LogP contribution in [0.25, 0.3) is 16.5 Å². The van der Waals surface area contributed by atoms with Gasteiger partial charge in [0.05, 0.1) is 5.69 Å². The fraction of sp³-hybridized carbons (Fsp3) is 0.250. The van der Waals surface area contributed by atoms with Gasteiger partial charge in [-0.1, -0.05) is 11.8 Å². The van der Waals surface area contributed by atoms with Crippen LogP contribution in [0.15, 0.2) is 33.2 Å². The molecule has 0 aliphatic heterocycles. The number of furan rings is 1. The summed E-state index contributed by atoms with van der Waals surface area (Å²) >= 11 is 3.14. The average Bonchev–Trinajstić information content (AvgIpc) is 3.23. The fourth-order valence-electron chi connectivity index (χ4n) is 2.38. The molecule has 24 heavy (non-hydrogen) atoms. The minimum absolute atomic E-state index is 0.639. The van der Waals surface area contributed by atoms with E-state index in [1.54, 1.807) is 27.6 Å². The zero-order chi connectivity index (χ0) is 16.7. The molecular formula is C16H15N5OS2. The van der Waals surface area contributed by atoms with Crippen molar-refractivity contribution >= 4 is 28.9 Å². The first kappa shape index (κ1) is 15.3. The number of nitrogens with zero attached hydrogens (tertiary/aromatic N) is 5. The lowest BCUT2D eigenvalue weighted by atomic mass is 10.4. The highest BCUT2D eigenvalue weighted by molar-refractivity contribution is 7.98. The molecule has 0 saturated heterocycles. The summed E-state index contributed by atoms with van der Waals surface area (Å²) in [7, 11) is 0. The summed E-state index contributed by atoms with van der Waals surface area (Å²) < 4.78 is 7.39. The number of hydrogen-bond acceptors (Lipinski definition) is 7. The van der Waals surface area contributed by atoms with Crippen molar-refractivity contribution in [3.05, 3.63) is 46.4 Å². The van der Waals surface area contributed by atoms with Crippen molar-refractivity contribution in [1.29, 1.82) is 0 Å². The summed E-state index contributed by atoms with van der Waals surface area (Å²) in [4.78, 5) is 13.5. The molecule has 0 unspecified atom stereocenters. The normalized spacial score (nSPS) is 11.5. The van der Waals surface area contributed by atoms with Gasteiger partial charge in [0.2, 0.25) is 5.16 Å². The van der Waals surface area contributed by atoms with Crippen LogP contribution in [0.1, 0.15) is 22.8 Å². The number of thioether (sulfide) groups is 1. The van der Waals surface area contributed by atoms with Crippen LogP contribution < -0.4 is 0 Å². The summed E-state index contributed by atoms with van der Waals surface area (Å²) in [6, 6.07) is 5.89. The predicted octanol–water partition coefficient (Wildman–Crippen LogP) is 4.06. The molecule has 8 heteroatoms. The number of aromatic nitrogens is 5. The van der Waals surface area contributed by atoms with E-state index in [1.807, 2.05) is 44.4 Å². The third-order valence-electron chi connectivity index (χ3n) is 3.45. The number of fused-ring (bicyclic) bond motifs is 1. The summed E-state index contributed by atoms with van der Waals surface area (Å²) in [6.07, 6.45) is 0. The van der Waals surface area contributed by atoms with Gasteiger partial charge in [-0.3, -0.25) is 0 Å². The van der Waals surface area contributed by atoms with Crippen LogP contribution in [0, 0.1) is 20.8 Å². The second-order valence-corrected chi connectivity index (χ2v) is 7.29. The van der Waals surface area contributed by atoms with Crippen molar-refractivity contribution in [2.45, 2.75) is 31.7 Å². The molecule has 0 aromatic carbocycles. The van der Waals surface area contributed by atoms with E-state index in [1.165, 1.54) is 0 Å². The van der Waals surface area contributed by atoms with Gasteiger partial charge in [-0.15, -0.1) is 16.4 Å². The molecule has 4 rings (SSSR count). The maximum Gasteiger partial charge on any atom is 0.253 e. The first-order chi connectivity index (χ1) is 11.6. The maximum absolute atomic E-state index is 5.61.